The molecule has 8 heteroatoms. The van der Waals surface area contributed by atoms with Crippen molar-refractivity contribution in [3.63, 3.8) is 0 Å². The van der Waals surface area contributed by atoms with E-state index in [1.165, 1.54) is 12.1 Å². The van der Waals surface area contributed by atoms with E-state index in [9.17, 15) is 10.1 Å². The maximum absolute atomic E-state index is 11.0. The zero-order valence-electron chi connectivity index (χ0n) is 10.7. The third-order valence-electron chi connectivity index (χ3n) is 2.57. The van der Waals surface area contributed by atoms with Crippen molar-refractivity contribution in [1.82, 2.24) is 4.98 Å². The molecule has 0 saturated heterocycles. The Morgan fingerprint density at radius 1 is 1.25 bits per heavy atom. The number of nitrogens with zero attached hydrogens (tertiary/aromatic N) is 2. The van der Waals surface area contributed by atoms with Crippen LogP contribution in [0.15, 0.2) is 36.4 Å². The Balaban J connectivity index is 2.32. The summed E-state index contributed by atoms with van der Waals surface area (Å²) in [7, 11) is 1.56. The molecule has 0 bridgehead atoms. The lowest BCUT2D eigenvalue weighted by Gasteiger charge is -2.08. The van der Waals surface area contributed by atoms with Crippen LogP contribution in [0.4, 0.5) is 23.0 Å². The van der Waals surface area contributed by atoms with Crippen LogP contribution in [0.1, 0.15) is 0 Å². The van der Waals surface area contributed by atoms with E-state index < -0.39 is 4.92 Å². The molecular weight excluding hydrogens is 262 g/mol. The average molecular weight is 275 g/mol. The number of ether oxygens (including phenoxy) is 1. The molecule has 0 aliphatic rings. The molecule has 0 saturated carbocycles. The van der Waals surface area contributed by atoms with Crippen molar-refractivity contribution >= 4 is 23.0 Å². The van der Waals surface area contributed by atoms with E-state index >= 15 is 0 Å². The predicted molar refractivity (Wildman–Crippen MR) is 75.0 cm³/mol. The minimum Gasteiger partial charge on any atom is -0.497 e. The van der Waals surface area contributed by atoms with E-state index in [0.29, 0.717) is 17.3 Å². The fraction of sp³-hybridized carbons (Fsp3) is 0.0833. The zero-order chi connectivity index (χ0) is 14.5. The fourth-order valence-corrected chi connectivity index (χ4v) is 1.58. The van der Waals surface area contributed by atoms with Crippen LogP contribution >= 0.6 is 0 Å². The number of methoxy groups -OCH3 is 1. The first-order chi connectivity index (χ1) is 9.63. The third-order valence-corrected chi connectivity index (χ3v) is 2.57. The monoisotopic (exact) mass is 275 g/mol. The summed E-state index contributed by atoms with van der Waals surface area (Å²) in [5.41, 5.74) is 2.85. The van der Waals surface area contributed by atoms with Crippen molar-refractivity contribution in [2.75, 3.05) is 17.9 Å². The van der Waals surface area contributed by atoms with Gasteiger partial charge in [-0.2, -0.15) is 0 Å². The van der Waals surface area contributed by atoms with Crippen LogP contribution in [-0.2, 0) is 0 Å². The van der Waals surface area contributed by atoms with E-state index in [0.717, 1.165) is 0 Å². The Labute approximate surface area is 114 Å². The van der Waals surface area contributed by atoms with Crippen molar-refractivity contribution in [3.05, 3.63) is 46.5 Å². The van der Waals surface area contributed by atoms with Crippen molar-refractivity contribution < 1.29 is 9.66 Å². The van der Waals surface area contributed by atoms with Crippen LogP contribution in [0.5, 0.6) is 5.75 Å². The summed E-state index contributed by atoms with van der Waals surface area (Å²) in [6.07, 6.45) is 0. The number of hydrazine groups is 1. The molecule has 1 heterocycles. The van der Waals surface area contributed by atoms with Crippen molar-refractivity contribution in [2.24, 2.45) is 5.84 Å². The lowest BCUT2D eigenvalue weighted by Crippen LogP contribution is -2.10. The standard InChI is InChI=1S/C12H13N5O3/c1-20-9-4-2-8(3-5-9)14-12-10(17(18)19)6-7-11(15-12)16-13/h2-7H,13H2,1H3,(H2,14,15,16). The summed E-state index contributed by atoms with van der Waals surface area (Å²) in [5, 5.41) is 13.8. The summed E-state index contributed by atoms with van der Waals surface area (Å²) in [6, 6.07) is 9.68. The molecular formula is C12H13N5O3. The summed E-state index contributed by atoms with van der Waals surface area (Å²) < 4.78 is 5.04. The van der Waals surface area contributed by atoms with Gasteiger partial charge in [-0.3, -0.25) is 10.1 Å². The zero-order valence-corrected chi connectivity index (χ0v) is 10.7. The van der Waals surface area contributed by atoms with Gasteiger partial charge in [0.25, 0.3) is 0 Å². The second-order valence-corrected chi connectivity index (χ2v) is 3.82. The normalized spacial score (nSPS) is 9.90. The van der Waals surface area contributed by atoms with E-state index in [4.69, 9.17) is 10.6 Å². The predicted octanol–water partition coefficient (Wildman–Crippen LogP) is 2.03. The van der Waals surface area contributed by atoms with Gasteiger partial charge >= 0.3 is 5.69 Å². The Hall–Kier alpha value is -2.87. The molecule has 2 rings (SSSR count). The van der Waals surface area contributed by atoms with Crippen LogP contribution in [0.3, 0.4) is 0 Å². The molecule has 4 N–H and O–H groups in total. The molecule has 0 aliphatic carbocycles. The van der Waals surface area contributed by atoms with Crippen LogP contribution in [-0.4, -0.2) is 17.0 Å². The summed E-state index contributed by atoms with van der Waals surface area (Å²) >= 11 is 0. The molecule has 8 nitrogen and oxygen atoms in total. The Kier molecular flexibility index (Phi) is 3.96. The number of hydrogen-bond donors (Lipinski definition) is 3. The fourth-order valence-electron chi connectivity index (χ4n) is 1.58. The lowest BCUT2D eigenvalue weighted by molar-refractivity contribution is -0.384. The molecule has 1 aromatic heterocycles. The minimum atomic E-state index is -0.515. The van der Waals surface area contributed by atoms with Crippen molar-refractivity contribution in [3.8, 4) is 5.75 Å². The van der Waals surface area contributed by atoms with Gasteiger partial charge in [0.2, 0.25) is 5.82 Å². The van der Waals surface area contributed by atoms with Crippen molar-refractivity contribution in [2.45, 2.75) is 0 Å². The molecule has 1 aromatic carbocycles. The Morgan fingerprint density at radius 3 is 2.50 bits per heavy atom. The SMILES string of the molecule is COc1ccc(Nc2nc(NN)ccc2[N+](=O)[O-])cc1. The maximum Gasteiger partial charge on any atom is 0.311 e. The first kappa shape index (κ1) is 13.6. The number of nitrogens with two attached hydrogens (primary N) is 1. The first-order valence-electron chi connectivity index (χ1n) is 5.67. The highest BCUT2D eigenvalue weighted by molar-refractivity contribution is 5.67. The Bertz CT molecular complexity index is 615. The van der Waals surface area contributed by atoms with Crippen LogP contribution in [0.25, 0.3) is 0 Å². The highest BCUT2D eigenvalue weighted by atomic mass is 16.6. The first-order valence-corrected chi connectivity index (χ1v) is 5.67. The van der Waals surface area contributed by atoms with E-state index in [-0.39, 0.29) is 11.5 Å². The van der Waals surface area contributed by atoms with Gasteiger partial charge in [-0.05, 0) is 30.3 Å². The van der Waals surface area contributed by atoms with Gasteiger partial charge in [-0.25, -0.2) is 10.8 Å². The highest BCUT2D eigenvalue weighted by Gasteiger charge is 2.16. The number of hydrogen-bond acceptors (Lipinski definition) is 7. The number of nitrogen functional groups attached to an aromatic ring is 1. The summed E-state index contributed by atoms with van der Waals surface area (Å²) in [6.45, 7) is 0. The largest absolute Gasteiger partial charge is 0.497 e. The summed E-state index contributed by atoms with van der Waals surface area (Å²) in [4.78, 5) is 14.5. The number of benzene rings is 1. The quantitative estimate of drug-likeness (QED) is 0.434. The number of nitrogens with one attached hydrogen (secondary N) is 2. The van der Waals surface area contributed by atoms with Crippen LogP contribution in [0, 0.1) is 10.1 Å². The third kappa shape index (κ3) is 2.93. The lowest BCUT2D eigenvalue weighted by atomic mass is 10.3. The van der Waals surface area contributed by atoms with Crippen molar-refractivity contribution in [1.29, 1.82) is 0 Å². The molecule has 20 heavy (non-hydrogen) atoms. The molecule has 104 valence electrons. The van der Waals surface area contributed by atoms with Gasteiger partial charge in [0.05, 0.1) is 12.0 Å². The van der Waals surface area contributed by atoms with Gasteiger partial charge in [-0.1, -0.05) is 0 Å². The van der Waals surface area contributed by atoms with Gasteiger partial charge in [0.1, 0.15) is 11.6 Å². The average Bonchev–Trinajstić information content (AvgIpc) is 2.47. The van der Waals surface area contributed by atoms with E-state index in [1.807, 2.05) is 0 Å². The highest BCUT2D eigenvalue weighted by Crippen LogP contribution is 2.27. The smallest absolute Gasteiger partial charge is 0.311 e. The molecule has 0 spiro atoms. The molecule has 0 aliphatic heterocycles. The molecule has 0 atom stereocenters. The molecule has 0 unspecified atom stereocenters. The maximum atomic E-state index is 11.0. The molecule has 2 aromatic rings. The second-order valence-electron chi connectivity index (χ2n) is 3.82. The topological polar surface area (TPSA) is 115 Å². The van der Waals surface area contributed by atoms with E-state index in [2.05, 4.69) is 15.7 Å². The minimum absolute atomic E-state index is 0.107. The van der Waals surface area contributed by atoms with Gasteiger partial charge in [-0.15, -0.1) is 0 Å². The van der Waals surface area contributed by atoms with Crippen LogP contribution < -0.4 is 21.3 Å². The summed E-state index contributed by atoms with van der Waals surface area (Å²) in [5.74, 6) is 6.37. The molecule has 0 radical (unpaired) electrons. The van der Waals surface area contributed by atoms with Crippen LogP contribution in [0.2, 0.25) is 0 Å². The van der Waals surface area contributed by atoms with Gasteiger partial charge in [0, 0.05) is 11.8 Å². The van der Waals surface area contributed by atoms with Gasteiger partial charge < -0.3 is 15.5 Å². The number of anilines is 3. The van der Waals surface area contributed by atoms with E-state index in [1.54, 1.807) is 31.4 Å². The Morgan fingerprint density at radius 2 is 1.95 bits per heavy atom. The van der Waals surface area contributed by atoms with Gasteiger partial charge in [0.15, 0.2) is 0 Å². The molecule has 0 amide bonds. The number of pyridine rings is 1. The number of rotatable bonds is 5. The number of nitro groups is 1. The molecule has 0 fully saturated rings. The second kappa shape index (κ2) is 5.85. The number of aromatic nitrogens is 1.